The number of carbonyl (C=O) groups excluding carboxylic acids is 1. The van der Waals surface area contributed by atoms with E-state index in [1.165, 1.54) is 0 Å². The molecule has 0 saturated heterocycles. The van der Waals surface area contributed by atoms with Gasteiger partial charge in [0.25, 0.3) is 5.91 Å². The Morgan fingerprint density at radius 2 is 2.16 bits per heavy atom. The maximum absolute atomic E-state index is 12.0. The van der Waals surface area contributed by atoms with Crippen LogP contribution in [-0.2, 0) is 4.74 Å². The van der Waals surface area contributed by atoms with Gasteiger partial charge in [0.1, 0.15) is 12.3 Å². The molecular weight excluding hydrogens is 242 g/mol. The Labute approximate surface area is 110 Å². The van der Waals surface area contributed by atoms with Crippen LogP contribution in [0.1, 0.15) is 16.1 Å². The number of para-hydroxylation sites is 1. The number of anilines is 1. The van der Waals surface area contributed by atoms with Crippen molar-refractivity contribution in [1.82, 2.24) is 4.98 Å². The first kappa shape index (κ1) is 11.5. The fraction of sp³-hybridized carbons (Fsp3) is 0.143. The van der Waals surface area contributed by atoms with Crippen molar-refractivity contribution in [2.75, 3.05) is 18.5 Å². The monoisotopic (exact) mass is 255 g/mol. The van der Waals surface area contributed by atoms with Crippen LogP contribution in [0.25, 0.3) is 0 Å². The minimum absolute atomic E-state index is 0.184. The normalized spacial score (nSPS) is 13.8. The number of benzene rings is 1. The van der Waals surface area contributed by atoms with Crippen molar-refractivity contribution >= 4 is 17.5 Å². The summed E-state index contributed by atoms with van der Waals surface area (Å²) in [7, 11) is 0. The minimum Gasteiger partial charge on any atom is -0.475 e. The Kier molecular flexibility index (Phi) is 3.02. The second-order valence-corrected chi connectivity index (χ2v) is 4.12. The summed E-state index contributed by atoms with van der Waals surface area (Å²) in [6.45, 7) is 1.25. The number of nitrogens with zero attached hydrogens (tertiary/aromatic N) is 1. The molecule has 0 atom stereocenters. The molecule has 3 rings (SSSR count). The molecule has 0 bridgehead atoms. The van der Waals surface area contributed by atoms with E-state index in [1.807, 2.05) is 24.3 Å². The molecule has 0 radical (unpaired) electrons. The number of H-pyrrole nitrogens is 1. The largest absolute Gasteiger partial charge is 0.475 e. The van der Waals surface area contributed by atoms with Crippen molar-refractivity contribution in [2.24, 2.45) is 4.99 Å². The summed E-state index contributed by atoms with van der Waals surface area (Å²) in [5.41, 5.74) is 2.02. The van der Waals surface area contributed by atoms with Gasteiger partial charge < -0.3 is 15.0 Å². The van der Waals surface area contributed by atoms with E-state index in [0.717, 1.165) is 5.56 Å². The van der Waals surface area contributed by atoms with Gasteiger partial charge in [-0.3, -0.25) is 4.79 Å². The summed E-state index contributed by atoms with van der Waals surface area (Å²) in [6, 6.07) is 11.0. The van der Waals surface area contributed by atoms with E-state index in [4.69, 9.17) is 4.74 Å². The molecule has 0 unspecified atom stereocenters. The number of aliphatic imine (C=N–C) groups is 1. The summed E-state index contributed by atoms with van der Waals surface area (Å²) >= 11 is 0. The van der Waals surface area contributed by atoms with E-state index in [0.29, 0.717) is 30.4 Å². The lowest BCUT2D eigenvalue weighted by atomic mass is 10.1. The molecule has 1 aromatic carbocycles. The van der Waals surface area contributed by atoms with Gasteiger partial charge in [-0.1, -0.05) is 12.1 Å². The second kappa shape index (κ2) is 4.97. The van der Waals surface area contributed by atoms with Crippen LogP contribution in [0.5, 0.6) is 0 Å². The SMILES string of the molecule is O=C(Nc1ccccc1C1=NCCO1)c1ccc[nH]1. The van der Waals surface area contributed by atoms with Crippen LogP contribution in [0.15, 0.2) is 47.6 Å². The van der Waals surface area contributed by atoms with Crippen molar-refractivity contribution in [3.8, 4) is 0 Å². The van der Waals surface area contributed by atoms with Gasteiger partial charge in [0, 0.05) is 6.20 Å². The lowest BCUT2D eigenvalue weighted by Gasteiger charge is -2.10. The molecule has 0 aliphatic carbocycles. The predicted octanol–water partition coefficient (Wildman–Crippen LogP) is 2.04. The van der Waals surface area contributed by atoms with Crippen LogP contribution >= 0.6 is 0 Å². The van der Waals surface area contributed by atoms with E-state index in [-0.39, 0.29) is 5.91 Å². The third-order valence-corrected chi connectivity index (χ3v) is 2.83. The molecule has 1 amide bonds. The van der Waals surface area contributed by atoms with Gasteiger partial charge in [0.05, 0.1) is 17.8 Å². The average Bonchev–Trinajstić information content (AvgIpc) is 3.13. The van der Waals surface area contributed by atoms with Crippen molar-refractivity contribution in [3.05, 3.63) is 53.9 Å². The van der Waals surface area contributed by atoms with Crippen LogP contribution in [0.3, 0.4) is 0 Å². The molecule has 0 saturated carbocycles. The molecule has 1 aromatic heterocycles. The fourth-order valence-electron chi connectivity index (χ4n) is 1.94. The highest BCUT2D eigenvalue weighted by Gasteiger charge is 2.16. The third kappa shape index (κ3) is 2.35. The zero-order valence-corrected chi connectivity index (χ0v) is 10.2. The lowest BCUT2D eigenvalue weighted by molar-refractivity contribution is 0.102. The zero-order valence-electron chi connectivity index (χ0n) is 10.2. The topological polar surface area (TPSA) is 66.5 Å². The lowest BCUT2D eigenvalue weighted by Crippen LogP contribution is -2.15. The zero-order chi connectivity index (χ0) is 13.1. The fourth-order valence-corrected chi connectivity index (χ4v) is 1.94. The quantitative estimate of drug-likeness (QED) is 0.881. The van der Waals surface area contributed by atoms with Crippen LogP contribution in [0.2, 0.25) is 0 Å². The van der Waals surface area contributed by atoms with Gasteiger partial charge in [-0.15, -0.1) is 0 Å². The number of aromatic nitrogens is 1. The number of aromatic amines is 1. The molecule has 0 spiro atoms. The number of amides is 1. The number of hydrogen-bond donors (Lipinski definition) is 2. The molecular formula is C14H13N3O2. The van der Waals surface area contributed by atoms with Gasteiger partial charge in [-0.05, 0) is 24.3 Å². The standard InChI is InChI=1S/C14H13N3O2/c18-13(12-6-3-7-15-12)17-11-5-2-1-4-10(11)14-16-8-9-19-14/h1-7,15H,8-9H2,(H,17,18). The maximum Gasteiger partial charge on any atom is 0.272 e. The summed E-state index contributed by atoms with van der Waals surface area (Å²) in [4.78, 5) is 19.2. The van der Waals surface area contributed by atoms with Crippen molar-refractivity contribution in [2.45, 2.75) is 0 Å². The van der Waals surface area contributed by atoms with Crippen LogP contribution < -0.4 is 5.32 Å². The van der Waals surface area contributed by atoms with Crippen LogP contribution in [-0.4, -0.2) is 29.9 Å². The summed E-state index contributed by atoms with van der Waals surface area (Å²) < 4.78 is 5.44. The molecule has 5 nitrogen and oxygen atoms in total. The molecule has 2 heterocycles. The Bertz CT molecular complexity index is 617. The number of hydrogen-bond acceptors (Lipinski definition) is 3. The van der Waals surface area contributed by atoms with Crippen molar-refractivity contribution < 1.29 is 9.53 Å². The number of nitrogens with one attached hydrogen (secondary N) is 2. The Morgan fingerprint density at radius 1 is 1.26 bits per heavy atom. The van der Waals surface area contributed by atoms with Crippen LogP contribution in [0, 0.1) is 0 Å². The first-order valence-electron chi connectivity index (χ1n) is 6.06. The molecule has 19 heavy (non-hydrogen) atoms. The highest BCUT2D eigenvalue weighted by Crippen LogP contribution is 2.19. The summed E-state index contributed by atoms with van der Waals surface area (Å²) in [5, 5.41) is 2.86. The number of carbonyl (C=O) groups is 1. The highest BCUT2D eigenvalue weighted by molar-refractivity contribution is 6.08. The second-order valence-electron chi connectivity index (χ2n) is 4.12. The molecule has 1 aliphatic rings. The van der Waals surface area contributed by atoms with Gasteiger partial charge in [0.2, 0.25) is 5.90 Å². The minimum atomic E-state index is -0.184. The van der Waals surface area contributed by atoms with E-state index < -0.39 is 0 Å². The van der Waals surface area contributed by atoms with Gasteiger partial charge in [-0.2, -0.15) is 0 Å². The average molecular weight is 255 g/mol. The maximum atomic E-state index is 12.0. The molecule has 0 fully saturated rings. The Morgan fingerprint density at radius 3 is 2.89 bits per heavy atom. The van der Waals surface area contributed by atoms with Gasteiger partial charge in [-0.25, -0.2) is 4.99 Å². The smallest absolute Gasteiger partial charge is 0.272 e. The van der Waals surface area contributed by atoms with E-state index in [9.17, 15) is 4.79 Å². The van der Waals surface area contributed by atoms with Crippen molar-refractivity contribution in [3.63, 3.8) is 0 Å². The predicted molar refractivity (Wildman–Crippen MR) is 72.5 cm³/mol. The van der Waals surface area contributed by atoms with Gasteiger partial charge in [0.15, 0.2) is 0 Å². The number of ether oxygens (including phenoxy) is 1. The highest BCUT2D eigenvalue weighted by atomic mass is 16.5. The Hall–Kier alpha value is -2.56. The van der Waals surface area contributed by atoms with E-state index >= 15 is 0 Å². The van der Waals surface area contributed by atoms with Crippen LogP contribution in [0.4, 0.5) is 5.69 Å². The molecule has 2 aromatic rings. The first-order valence-corrected chi connectivity index (χ1v) is 6.06. The summed E-state index contributed by atoms with van der Waals surface area (Å²) in [6.07, 6.45) is 1.71. The van der Waals surface area contributed by atoms with Crippen molar-refractivity contribution in [1.29, 1.82) is 0 Å². The molecule has 2 N–H and O–H groups in total. The van der Waals surface area contributed by atoms with Gasteiger partial charge >= 0.3 is 0 Å². The third-order valence-electron chi connectivity index (χ3n) is 2.83. The summed E-state index contributed by atoms with van der Waals surface area (Å²) in [5.74, 6) is 0.401. The molecule has 1 aliphatic heterocycles. The Balaban J connectivity index is 1.87. The molecule has 5 heteroatoms. The van der Waals surface area contributed by atoms with E-state index in [1.54, 1.807) is 18.3 Å². The number of rotatable bonds is 3. The molecule has 96 valence electrons. The van der Waals surface area contributed by atoms with E-state index in [2.05, 4.69) is 15.3 Å². The first-order chi connectivity index (χ1) is 9.34.